The van der Waals surface area contributed by atoms with Crippen LogP contribution in [0.1, 0.15) is 23.3 Å². The van der Waals surface area contributed by atoms with Gasteiger partial charge in [0.05, 0.1) is 5.69 Å². The van der Waals surface area contributed by atoms with E-state index in [0.29, 0.717) is 19.4 Å². The van der Waals surface area contributed by atoms with Crippen LogP contribution in [0.5, 0.6) is 0 Å². The summed E-state index contributed by atoms with van der Waals surface area (Å²) in [5, 5.41) is 6.44. The number of amides is 2. The van der Waals surface area contributed by atoms with Gasteiger partial charge in [0.15, 0.2) is 5.69 Å². The number of nitrogens with two attached hydrogens (primary N) is 2. The Hall–Kier alpha value is -2.05. The van der Waals surface area contributed by atoms with Crippen molar-refractivity contribution in [1.29, 1.82) is 0 Å². The number of nitrogens with zero attached hydrogens (tertiary/aromatic N) is 2. The fraction of sp³-hybridized carbons (Fsp3) is 0.444. The van der Waals surface area contributed by atoms with Crippen LogP contribution in [0.2, 0.25) is 0 Å². The van der Waals surface area contributed by atoms with Crippen LogP contribution in [-0.2, 0) is 11.3 Å². The maximum absolute atomic E-state index is 10.9. The quantitative estimate of drug-likeness (QED) is 0.601. The van der Waals surface area contributed by atoms with Crippen LogP contribution >= 0.6 is 0 Å². The molecule has 7 nitrogen and oxygen atoms in total. The number of aryl methyl sites for hydroxylation is 1. The first kappa shape index (κ1) is 12.0. The molecular formula is C9H15N5O2. The monoisotopic (exact) mass is 225 g/mol. The number of nitrogen functional groups attached to an aromatic ring is 1. The number of primary amides is 1. The zero-order chi connectivity index (χ0) is 12.1. The van der Waals surface area contributed by atoms with Gasteiger partial charge in [-0.1, -0.05) is 0 Å². The summed E-state index contributed by atoms with van der Waals surface area (Å²) in [5.41, 5.74) is 10.9. The summed E-state index contributed by atoms with van der Waals surface area (Å²) in [7, 11) is 1.58. The molecular weight excluding hydrogens is 210 g/mol. The first-order chi connectivity index (χ1) is 7.54. The molecule has 5 N–H and O–H groups in total. The zero-order valence-electron chi connectivity index (χ0n) is 9.06. The third-order valence-electron chi connectivity index (χ3n) is 2.09. The maximum Gasteiger partial charge on any atom is 0.271 e. The standard InChI is InChI=1S/C9H15N5O2/c1-12-7(15)3-2-4-14-5-6(10)8(13-14)9(11)16/h5H,2-4,10H2,1H3,(H2,11,16)(H,12,15). The summed E-state index contributed by atoms with van der Waals surface area (Å²) in [6.45, 7) is 0.519. The van der Waals surface area contributed by atoms with Crippen molar-refractivity contribution in [2.24, 2.45) is 5.73 Å². The van der Waals surface area contributed by atoms with Crippen LogP contribution in [0.3, 0.4) is 0 Å². The molecule has 1 heterocycles. The largest absolute Gasteiger partial charge is 0.396 e. The Morgan fingerprint density at radius 2 is 2.25 bits per heavy atom. The molecule has 1 rings (SSSR count). The van der Waals surface area contributed by atoms with E-state index >= 15 is 0 Å². The van der Waals surface area contributed by atoms with Gasteiger partial charge in [-0.3, -0.25) is 14.3 Å². The number of hydrogen-bond donors (Lipinski definition) is 3. The van der Waals surface area contributed by atoms with Crippen molar-refractivity contribution in [2.75, 3.05) is 12.8 Å². The van der Waals surface area contributed by atoms with Crippen molar-refractivity contribution in [3.63, 3.8) is 0 Å². The minimum atomic E-state index is -0.650. The van der Waals surface area contributed by atoms with E-state index in [-0.39, 0.29) is 17.3 Å². The van der Waals surface area contributed by atoms with Gasteiger partial charge in [-0.05, 0) is 6.42 Å². The minimum Gasteiger partial charge on any atom is -0.396 e. The van der Waals surface area contributed by atoms with E-state index in [9.17, 15) is 9.59 Å². The van der Waals surface area contributed by atoms with Gasteiger partial charge in [-0.2, -0.15) is 5.10 Å². The number of carbonyl (C=O) groups excluding carboxylic acids is 2. The number of nitrogens with one attached hydrogen (secondary N) is 1. The minimum absolute atomic E-state index is 0.0322. The topological polar surface area (TPSA) is 116 Å². The van der Waals surface area contributed by atoms with Crippen molar-refractivity contribution in [3.05, 3.63) is 11.9 Å². The van der Waals surface area contributed by atoms with E-state index in [4.69, 9.17) is 11.5 Å². The molecule has 0 fully saturated rings. The van der Waals surface area contributed by atoms with Gasteiger partial charge in [-0.25, -0.2) is 0 Å². The fourth-order valence-electron chi connectivity index (χ4n) is 1.27. The summed E-state index contributed by atoms with van der Waals surface area (Å²) in [6, 6.07) is 0. The second-order valence-corrected chi connectivity index (χ2v) is 3.34. The second kappa shape index (κ2) is 5.15. The van der Waals surface area contributed by atoms with Crippen LogP contribution in [-0.4, -0.2) is 28.6 Å². The van der Waals surface area contributed by atoms with E-state index in [2.05, 4.69) is 10.4 Å². The average Bonchev–Trinajstić information content (AvgIpc) is 2.59. The lowest BCUT2D eigenvalue weighted by Gasteiger charge is -2.00. The molecule has 7 heteroatoms. The third-order valence-corrected chi connectivity index (χ3v) is 2.09. The summed E-state index contributed by atoms with van der Waals surface area (Å²) in [6.07, 6.45) is 2.56. The van der Waals surface area contributed by atoms with Crippen molar-refractivity contribution in [1.82, 2.24) is 15.1 Å². The van der Waals surface area contributed by atoms with Crippen molar-refractivity contribution >= 4 is 17.5 Å². The van der Waals surface area contributed by atoms with E-state index < -0.39 is 5.91 Å². The Labute approximate surface area is 92.8 Å². The molecule has 2 amide bonds. The van der Waals surface area contributed by atoms with Crippen molar-refractivity contribution < 1.29 is 9.59 Å². The highest BCUT2D eigenvalue weighted by Gasteiger charge is 2.11. The first-order valence-corrected chi connectivity index (χ1v) is 4.88. The Bertz CT molecular complexity index is 399. The van der Waals surface area contributed by atoms with Crippen LogP contribution in [0.4, 0.5) is 5.69 Å². The lowest BCUT2D eigenvalue weighted by Crippen LogP contribution is -2.18. The van der Waals surface area contributed by atoms with Gasteiger partial charge in [0, 0.05) is 26.2 Å². The Morgan fingerprint density at radius 1 is 1.56 bits per heavy atom. The highest BCUT2D eigenvalue weighted by Crippen LogP contribution is 2.08. The molecule has 88 valence electrons. The SMILES string of the molecule is CNC(=O)CCCn1cc(N)c(C(N)=O)n1. The average molecular weight is 225 g/mol. The smallest absolute Gasteiger partial charge is 0.271 e. The van der Waals surface area contributed by atoms with E-state index in [1.165, 1.54) is 10.9 Å². The van der Waals surface area contributed by atoms with Gasteiger partial charge < -0.3 is 16.8 Å². The van der Waals surface area contributed by atoms with Gasteiger partial charge >= 0.3 is 0 Å². The number of rotatable bonds is 5. The van der Waals surface area contributed by atoms with Crippen LogP contribution in [0.25, 0.3) is 0 Å². The molecule has 0 unspecified atom stereocenters. The summed E-state index contributed by atoms with van der Waals surface area (Å²) in [5.74, 6) is -0.683. The summed E-state index contributed by atoms with van der Waals surface area (Å²) < 4.78 is 1.51. The van der Waals surface area contributed by atoms with Crippen LogP contribution in [0, 0.1) is 0 Å². The Kier molecular flexibility index (Phi) is 3.87. The van der Waals surface area contributed by atoms with Gasteiger partial charge in [-0.15, -0.1) is 0 Å². The Balaban J connectivity index is 2.52. The third kappa shape index (κ3) is 2.97. The molecule has 0 spiro atoms. The van der Waals surface area contributed by atoms with Gasteiger partial charge in [0.1, 0.15) is 0 Å². The highest BCUT2D eigenvalue weighted by atomic mass is 16.2. The molecule has 0 aliphatic carbocycles. The van der Waals surface area contributed by atoms with Gasteiger partial charge in [0.25, 0.3) is 5.91 Å². The number of hydrogen-bond acceptors (Lipinski definition) is 4. The molecule has 1 aromatic heterocycles. The summed E-state index contributed by atoms with van der Waals surface area (Å²) in [4.78, 5) is 21.8. The fourth-order valence-corrected chi connectivity index (χ4v) is 1.27. The normalized spacial score (nSPS) is 10.1. The molecule has 0 aliphatic rings. The molecule has 0 atom stereocenters. The Morgan fingerprint density at radius 3 is 2.75 bits per heavy atom. The van der Waals surface area contributed by atoms with Crippen molar-refractivity contribution in [2.45, 2.75) is 19.4 Å². The zero-order valence-corrected chi connectivity index (χ0v) is 9.06. The molecule has 0 bridgehead atoms. The molecule has 1 aromatic rings. The molecule has 0 saturated heterocycles. The van der Waals surface area contributed by atoms with Crippen LogP contribution < -0.4 is 16.8 Å². The predicted molar refractivity (Wildman–Crippen MR) is 58.5 cm³/mol. The lowest BCUT2D eigenvalue weighted by molar-refractivity contribution is -0.120. The van der Waals surface area contributed by atoms with Crippen LogP contribution in [0.15, 0.2) is 6.20 Å². The first-order valence-electron chi connectivity index (χ1n) is 4.88. The van der Waals surface area contributed by atoms with E-state index in [0.717, 1.165) is 0 Å². The number of aromatic nitrogens is 2. The highest BCUT2D eigenvalue weighted by molar-refractivity contribution is 5.95. The second-order valence-electron chi connectivity index (χ2n) is 3.34. The molecule has 0 aromatic carbocycles. The van der Waals surface area contributed by atoms with Gasteiger partial charge in [0.2, 0.25) is 5.91 Å². The molecule has 16 heavy (non-hydrogen) atoms. The number of anilines is 1. The maximum atomic E-state index is 10.9. The lowest BCUT2D eigenvalue weighted by atomic mass is 10.3. The summed E-state index contributed by atoms with van der Waals surface area (Å²) >= 11 is 0. The van der Waals surface area contributed by atoms with Crippen molar-refractivity contribution in [3.8, 4) is 0 Å². The molecule has 0 saturated carbocycles. The van der Waals surface area contributed by atoms with E-state index in [1.54, 1.807) is 7.05 Å². The number of carbonyl (C=O) groups is 2. The molecule has 0 aliphatic heterocycles. The predicted octanol–water partition coefficient (Wildman–Crippen LogP) is -0.910. The van der Waals surface area contributed by atoms with E-state index in [1.807, 2.05) is 0 Å². The molecule has 0 radical (unpaired) electrons.